The highest BCUT2D eigenvalue weighted by Crippen LogP contribution is 2.25. The summed E-state index contributed by atoms with van der Waals surface area (Å²) < 4.78 is 1.28. The summed E-state index contributed by atoms with van der Waals surface area (Å²) in [5.41, 5.74) is 4.21. The molecule has 4 N–H and O–H groups in total. The summed E-state index contributed by atoms with van der Waals surface area (Å²) in [6, 6.07) is 0. The van der Waals surface area contributed by atoms with Crippen molar-refractivity contribution in [3.05, 3.63) is 27.2 Å². The van der Waals surface area contributed by atoms with Gasteiger partial charge >= 0.3 is 0 Å². The number of hydrogen-bond donors (Lipinski definition) is 4. The molecule has 1 aliphatic heterocycles. The van der Waals surface area contributed by atoms with Gasteiger partial charge in [0.05, 0.1) is 30.0 Å². The van der Waals surface area contributed by atoms with E-state index in [1.165, 1.54) is 4.68 Å². The van der Waals surface area contributed by atoms with Crippen LogP contribution in [0.4, 0.5) is 0 Å². The van der Waals surface area contributed by atoms with Crippen molar-refractivity contribution in [2.75, 3.05) is 13.2 Å². The number of hydrazone groups is 1. The molecule has 0 saturated heterocycles. The van der Waals surface area contributed by atoms with E-state index in [1.807, 2.05) is 0 Å². The van der Waals surface area contributed by atoms with Gasteiger partial charge in [0, 0.05) is 12.3 Å². The van der Waals surface area contributed by atoms with Gasteiger partial charge in [-0.15, -0.1) is 0 Å². The number of carbonyl (C=O) groups is 1. The third-order valence-electron chi connectivity index (χ3n) is 3.34. The highest BCUT2D eigenvalue weighted by atomic mass is 16.3. The Bertz CT molecular complexity index is 681. The van der Waals surface area contributed by atoms with Gasteiger partial charge in [0.25, 0.3) is 11.5 Å². The van der Waals surface area contributed by atoms with Crippen LogP contribution in [0.5, 0.6) is 0 Å². The lowest BCUT2D eigenvalue weighted by Gasteiger charge is -2.07. The van der Waals surface area contributed by atoms with E-state index in [-0.39, 0.29) is 37.6 Å². The van der Waals surface area contributed by atoms with Gasteiger partial charge in [-0.2, -0.15) is 5.10 Å². The first kappa shape index (κ1) is 15.2. The highest BCUT2D eigenvalue weighted by molar-refractivity contribution is 6.28. The molecule has 0 aromatic carbocycles. The Balaban J connectivity index is 2.65. The Labute approximate surface area is 120 Å². The summed E-state index contributed by atoms with van der Waals surface area (Å²) in [5, 5.41) is 24.9. The van der Waals surface area contributed by atoms with Gasteiger partial charge in [-0.1, -0.05) is 0 Å². The van der Waals surface area contributed by atoms with E-state index in [0.717, 1.165) is 0 Å². The number of nitrogens with one attached hydrogen (secondary N) is 2. The van der Waals surface area contributed by atoms with Gasteiger partial charge in [0.2, 0.25) is 0 Å². The predicted octanol–water partition coefficient (Wildman–Crippen LogP) is -0.881. The van der Waals surface area contributed by atoms with Crippen molar-refractivity contribution < 1.29 is 15.0 Å². The van der Waals surface area contributed by atoms with Crippen LogP contribution in [0, 0.1) is 6.92 Å². The molecular weight excluding hydrogens is 276 g/mol. The van der Waals surface area contributed by atoms with Crippen molar-refractivity contribution in [1.29, 1.82) is 0 Å². The lowest BCUT2D eigenvalue weighted by molar-refractivity contribution is -0.116. The van der Waals surface area contributed by atoms with Gasteiger partial charge in [-0.25, -0.2) is 5.43 Å². The SMILES string of the molecule is CC1=NNC(=O)C1=C(CCO)c1c(C)[nH]n(CCO)c1=O. The van der Waals surface area contributed by atoms with E-state index in [1.54, 1.807) is 13.8 Å². The van der Waals surface area contributed by atoms with Crippen molar-refractivity contribution in [2.24, 2.45) is 5.10 Å². The van der Waals surface area contributed by atoms with E-state index < -0.39 is 0 Å². The van der Waals surface area contributed by atoms with Gasteiger partial charge in [-0.05, 0) is 25.8 Å². The summed E-state index contributed by atoms with van der Waals surface area (Å²) >= 11 is 0. The first-order valence-corrected chi connectivity index (χ1v) is 6.60. The lowest BCUT2D eigenvalue weighted by atomic mass is 9.95. The molecule has 21 heavy (non-hydrogen) atoms. The number of amides is 1. The molecule has 1 aliphatic rings. The minimum absolute atomic E-state index is 0.140. The Morgan fingerprint density at radius 3 is 2.48 bits per heavy atom. The summed E-state index contributed by atoms with van der Waals surface area (Å²) in [5.74, 6) is -0.385. The highest BCUT2D eigenvalue weighted by Gasteiger charge is 2.27. The largest absolute Gasteiger partial charge is 0.396 e. The summed E-state index contributed by atoms with van der Waals surface area (Å²) in [7, 11) is 0. The minimum atomic E-state index is -0.385. The zero-order valence-electron chi connectivity index (χ0n) is 11.9. The van der Waals surface area contributed by atoms with Crippen LogP contribution in [0.25, 0.3) is 5.57 Å². The maximum absolute atomic E-state index is 12.4. The maximum Gasteiger partial charge on any atom is 0.274 e. The molecule has 8 nitrogen and oxygen atoms in total. The number of nitrogens with zero attached hydrogens (tertiary/aromatic N) is 2. The van der Waals surface area contributed by atoms with Gasteiger partial charge in [-0.3, -0.25) is 19.4 Å². The Kier molecular flexibility index (Phi) is 4.39. The van der Waals surface area contributed by atoms with Crippen LogP contribution < -0.4 is 11.0 Å². The second-order valence-corrected chi connectivity index (χ2v) is 4.76. The molecule has 1 amide bonds. The van der Waals surface area contributed by atoms with Crippen molar-refractivity contribution in [3.8, 4) is 0 Å². The molecule has 0 fully saturated rings. The number of carbonyl (C=O) groups excluding carboxylic acids is 1. The molecule has 114 valence electrons. The van der Waals surface area contributed by atoms with Crippen LogP contribution in [0.2, 0.25) is 0 Å². The molecule has 2 heterocycles. The number of aliphatic hydroxyl groups excluding tert-OH is 2. The smallest absolute Gasteiger partial charge is 0.274 e. The number of aromatic amines is 1. The molecule has 1 aromatic heterocycles. The Hall–Kier alpha value is -2.19. The molecule has 1 aromatic rings. The Morgan fingerprint density at radius 2 is 1.95 bits per heavy atom. The normalized spacial score (nSPS) is 17.0. The number of rotatable bonds is 5. The molecule has 0 aliphatic carbocycles. The molecule has 2 rings (SSSR count). The monoisotopic (exact) mass is 294 g/mol. The first-order chi connectivity index (χ1) is 10.0. The van der Waals surface area contributed by atoms with E-state index >= 15 is 0 Å². The zero-order valence-corrected chi connectivity index (χ0v) is 11.9. The lowest BCUT2D eigenvalue weighted by Crippen LogP contribution is -2.22. The van der Waals surface area contributed by atoms with Crippen molar-refractivity contribution in [2.45, 2.75) is 26.8 Å². The Morgan fingerprint density at radius 1 is 1.24 bits per heavy atom. The summed E-state index contributed by atoms with van der Waals surface area (Å²) in [6.07, 6.45) is 0.169. The molecule has 0 unspecified atom stereocenters. The number of aliphatic hydroxyl groups is 2. The van der Waals surface area contributed by atoms with Crippen molar-refractivity contribution >= 4 is 17.2 Å². The maximum atomic E-state index is 12.4. The van der Waals surface area contributed by atoms with Crippen LogP contribution in [-0.4, -0.2) is 44.8 Å². The first-order valence-electron chi connectivity index (χ1n) is 6.60. The van der Waals surface area contributed by atoms with Crippen LogP contribution in [0.3, 0.4) is 0 Å². The van der Waals surface area contributed by atoms with Crippen LogP contribution >= 0.6 is 0 Å². The zero-order chi connectivity index (χ0) is 15.6. The molecule has 0 spiro atoms. The fourth-order valence-corrected chi connectivity index (χ4v) is 2.47. The van der Waals surface area contributed by atoms with Crippen LogP contribution in [0.1, 0.15) is 24.6 Å². The van der Waals surface area contributed by atoms with Crippen LogP contribution in [0.15, 0.2) is 15.5 Å². The number of hydrogen-bond acceptors (Lipinski definition) is 5. The van der Waals surface area contributed by atoms with Crippen LogP contribution in [-0.2, 0) is 11.3 Å². The average Bonchev–Trinajstić information content (AvgIpc) is 2.90. The molecule has 0 saturated carbocycles. The third-order valence-corrected chi connectivity index (χ3v) is 3.34. The van der Waals surface area contributed by atoms with Crippen molar-refractivity contribution in [1.82, 2.24) is 15.2 Å². The van der Waals surface area contributed by atoms with Crippen molar-refractivity contribution in [3.63, 3.8) is 0 Å². The topological polar surface area (TPSA) is 120 Å². The second-order valence-electron chi connectivity index (χ2n) is 4.76. The van der Waals surface area contributed by atoms with E-state index in [9.17, 15) is 14.7 Å². The fraction of sp³-hybridized carbons (Fsp3) is 0.462. The third kappa shape index (κ3) is 2.67. The number of aryl methyl sites for hydroxylation is 1. The summed E-state index contributed by atoms with van der Waals surface area (Å²) in [4.78, 5) is 24.3. The van der Waals surface area contributed by atoms with E-state index in [4.69, 9.17) is 5.11 Å². The molecule has 0 bridgehead atoms. The second kappa shape index (κ2) is 6.06. The number of H-pyrrole nitrogens is 1. The van der Waals surface area contributed by atoms with Gasteiger partial charge < -0.3 is 10.2 Å². The molecular formula is C13H18N4O4. The number of aromatic nitrogens is 2. The quantitative estimate of drug-likeness (QED) is 0.527. The van der Waals surface area contributed by atoms with Gasteiger partial charge in [0.15, 0.2) is 0 Å². The molecule has 8 heteroatoms. The summed E-state index contributed by atoms with van der Waals surface area (Å²) in [6.45, 7) is 3.15. The molecule has 0 radical (unpaired) electrons. The average molecular weight is 294 g/mol. The van der Waals surface area contributed by atoms with Gasteiger partial charge in [0.1, 0.15) is 0 Å². The standard InChI is InChI=1S/C13H18N4O4/c1-7-10(12(20)15-14-7)9(3-5-18)11-8(2)16-17(4-6-19)13(11)21/h16,18-19H,3-6H2,1-2H3,(H,15,20). The minimum Gasteiger partial charge on any atom is -0.396 e. The van der Waals surface area contributed by atoms with E-state index in [2.05, 4.69) is 15.6 Å². The predicted molar refractivity (Wildman–Crippen MR) is 76.8 cm³/mol. The van der Waals surface area contributed by atoms with E-state index in [0.29, 0.717) is 28.1 Å². The fourth-order valence-electron chi connectivity index (χ4n) is 2.47. The molecule has 0 atom stereocenters.